The summed E-state index contributed by atoms with van der Waals surface area (Å²) in [7, 11) is -3.18. The lowest BCUT2D eigenvalue weighted by Gasteiger charge is -2.09. The summed E-state index contributed by atoms with van der Waals surface area (Å²) in [5.74, 6) is -0.760. The standard InChI is InChI=1S/C12H14O4S/c1-17(15,16)10-4-2-9(3-5-10)8-12(6-7-12)11(13)14/h2-5H,6-8H2,1H3,(H,13,14). The normalized spacial score (nSPS) is 17.7. The van der Waals surface area contributed by atoms with Crippen molar-refractivity contribution in [2.75, 3.05) is 6.26 Å². The monoisotopic (exact) mass is 254 g/mol. The maximum Gasteiger partial charge on any atom is 0.309 e. The Balaban J connectivity index is 2.17. The molecular formula is C12H14O4S. The molecule has 1 aromatic carbocycles. The SMILES string of the molecule is CS(=O)(=O)c1ccc(CC2(C(=O)O)CC2)cc1. The van der Waals surface area contributed by atoms with Crippen LogP contribution in [0, 0.1) is 5.41 Å². The number of carboxylic acid groups (broad SMARTS) is 1. The van der Waals surface area contributed by atoms with Crippen LogP contribution in [-0.4, -0.2) is 25.7 Å². The quantitative estimate of drug-likeness (QED) is 0.883. The Morgan fingerprint density at radius 2 is 1.82 bits per heavy atom. The van der Waals surface area contributed by atoms with Gasteiger partial charge in [0.2, 0.25) is 0 Å². The lowest BCUT2D eigenvalue weighted by atomic mass is 9.97. The van der Waals surface area contributed by atoms with E-state index in [4.69, 9.17) is 5.11 Å². The zero-order chi connectivity index (χ0) is 12.7. The van der Waals surface area contributed by atoms with Crippen LogP contribution in [0.5, 0.6) is 0 Å². The molecule has 1 N–H and O–H groups in total. The molecule has 0 radical (unpaired) electrons. The van der Waals surface area contributed by atoms with Crippen LogP contribution in [0.25, 0.3) is 0 Å². The van der Waals surface area contributed by atoms with Crippen molar-refractivity contribution >= 4 is 15.8 Å². The van der Waals surface area contributed by atoms with E-state index < -0.39 is 21.2 Å². The first-order valence-corrected chi connectivity index (χ1v) is 7.25. The number of carboxylic acids is 1. The molecule has 0 spiro atoms. The first-order chi connectivity index (χ1) is 7.83. The van der Waals surface area contributed by atoms with E-state index in [-0.39, 0.29) is 4.90 Å². The van der Waals surface area contributed by atoms with Crippen molar-refractivity contribution in [1.29, 1.82) is 0 Å². The van der Waals surface area contributed by atoms with Gasteiger partial charge >= 0.3 is 5.97 Å². The number of carbonyl (C=O) groups is 1. The number of benzene rings is 1. The van der Waals surface area contributed by atoms with Crippen LogP contribution in [0.1, 0.15) is 18.4 Å². The summed E-state index contributed by atoms with van der Waals surface area (Å²) in [5, 5.41) is 9.05. The molecular weight excluding hydrogens is 240 g/mol. The molecule has 0 aliphatic heterocycles. The fourth-order valence-electron chi connectivity index (χ4n) is 1.86. The molecule has 5 heteroatoms. The minimum atomic E-state index is -3.18. The fraction of sp³-hybridized carbons (Fsp3) is 0.417. The first kappa shape index (κ1) is 12.1. The number of rotatable bonds is 4. The van der Waals surface area contributed by atoms with E-state index in [0.29, 0.717) is 19.3 Å². The molecule has 1 saturated carbocycles. The van der Waals surface area contributed by atoms with Gasteiger partial charge in [0.25, 0.3) is 0 Å². The van der Waals surface area contributed by atoms with Crippen molar-refractivity contribution in [2.24, 2.45) is 5.41 Å². The van der Waals surface area contributed by atoms with Crippen LogP contribution in [0.4, 0.5) is 0 Å². The molecule has 0 atom stereocenters. The zero-order valence-electron chi connectivity index (χ0n) is 9.51. The lowest BCUT2D eigenvalue weighted by Crippen LogP contribution is -2.17. The molecule has 1 aliphatic carbocycles. The van der Waals surface area contributed by atoms with Gasteiger partial charge in [0.15, 0.2) is 9.84 Å². The molecule has 2 rings (SSSR count). The fourth-order valence-corrected chi connectivity index (χ4v) is 2.49. The summed E-state index contributed by atoms with van der Waals surface area (Å²) in [6, 6.07) is 6.45. The van der Waals surface area contributed by atoms with Crippen LogP contribution in [0.3, 0.4) is 0 Å². The molecule has 1 aliphatic rings. The Bertz CT molecular complexity index is 538. The number of sulfone groups is 1. The van der Waals surface area contributed by atoms with Gasteiger partial charge < -0.3 is 5.11 Å². The van der Waals surface area contributed by atoms with Crippen molar-refractivity contribution in [3.05, 3.63) is 29.8 Å². The molecule has 92 valence electrons. The van der Waals surface area contributed by atoms with Gasteiger partial charge in [0.1, 0.15) is 0 Å². The topological polar surface area (TPSA) is 71.4 Å². The Morgan fingerprint density at radius 1 is 1.29 bits per heavy atom. The molecule has 0 unspecified atom stereocenters. The molecule has 0 bridgehead atoms. The maximum absolute atomic E-state index is 11.3. The summed E-state index contributed by atoms with van der Waals surface area (Å²) >= 11 is 0. The third-order valence-corrected chi connectivity index (χ3v) is 4.33. The van der Waals surface area contributed by atoms with Gasteiger partial charge in [-0.25, -0.2) is 8.42 Å². The van der Waals surface area contributed by atoms with E-state index >= 15 is 0 Å². The second-order valence-electron chi connectivity index (χ2n) is 4.68. The maximum atomic E-state index is 11.3. The van der Waals surface area contributed by atoms with Crippen LogP contribution in [0.15, 0.2) is 29.2 Å². The predicted molar refractivity (Wildman–Crippen MR) is 62.6 cm³/mol. The molecule has 0 amide bonds. The van der Waals surface area contributed by atoms with Crippen LogP contribution in [-0.2, 0) is 21.1 Å². The number of hydrogen-bond donors (Lipinski definition) is 1. The summed E-state index contributed by atoms with van der Waals surface area (Å²) in [4.78, 5) is 11.3. The Morgan fingerprint density at radius 3 is 2.18 bits per heavy atom. The van der Waals surface area contributed by atoms with E-state index in [1.807, 2.05) is 0 Å². The molecule has 1 aromatic rings. The second kappa shape index (κ2) is 3.84. The Kier molecular flexibility index (Phi) is 2.73. The van der Waals surface area contributed by atoms with E-state index in [1.165, 1.54) is 12.1 Å². The Hall–Kier alpha value is -1.36. The van der Waals surface area contributed by atoms with Gasteiger partial charge in [-0.1, -0.05) is 12.1 Å². The third-order valence-electron chi connectivity index (χ3n) is 3.20. The van der Waals surface area contributed by atoms with Crippen molar-refractivity contribution in [3.63, 3.8) is 0 Å². The van der Waals surface area contributed by atoms with E-state index in [9.17, 15) is 13.2 Å². The highest BCUT2D eigenvalue weighted by Crippen LogP contribution is 2.48. The molecule has 1 fully saturated rings. The average Bonchev–Trinajstić information content (AvgIpc) is 2.98. The predicted octanol–water partition coefficient (Wildman–Crippen LogP) is 1.50. The van der Waals surface area contributed by atoms with Gasteiger partial charge in [0.05, 0.1) is 10.3 Å². The van der Waals surface area contributed by atoms with Gasteiger partial charge in [0, 0.05) is 6.26 Å². The molecule has 17 heavy (non-hydrogen) atoms. The van der Waals surface area contributed by atoms with Gasteiger partial charge in [-0.15, -0.1) is 0 Å². The van der Waals surface area contributed by atoms with Gasteiger partial charge in [-0.3, -0.25) is 4.79 Å². The van der Waals surface area contributed by atoms with Gasteiger partial charge in [-0.05, 0) is 37.0 Å². The largest absolute Gasteiger partial charge is 0.481 e. The summed E-state index contributed by atoms with van der Waals surface area (Å²) < 4.78 is 22.5. The van der Waals surface area contributed by atoms with Crippen molar-refractivity contribution in [3.8, 4) is 0 Å². The molecule has 4 nitrogen and oxygen atoms in total. The first-order valence-electron chi connectivity index (χ1n) is 5.36. The average molecular weight is 254 g/mol. The lowest BCUT2D eigenvalue weighted by molar-refractivity contribution is -0.143. The molecule has 0 saturated heterocycles. The van der Waals surface area contributed by atoms with E-state index in [0.717, 1.165) is 11.8 Å². The highest BCUT2D eigenvalue weighted by Gasteiger charge is 2.49. The van der Waals surface area contributed by atoms with E-state index in [2.05, 4.69) is 0 Å². The molecule has 0 aromatic heterocycles. The van der Waals surface area contributed by atoms with Gasteiger partial charge in [-0.2, -0.15) is 0 Å². The number of aliphatic carboxylic acids is 1. The Labute approximate surface area is 100 Å². The summed E-state index contributed by atoms with van der Waals surface area (Å²) in [6.07, 6.45) is 3.04. The number of hydrogen-bond acceptors (Lipinski definition) is 3. The smallest absolute Gasteiger partial charge is 0.309 e. The highest BCUT2D eigenvalue weighted by atomic mass is 32.2. The summed E-state index contributed by atoms with van der Waals surface area (Å²) in [6.45, 7) is 0. The minimum absolute atomic E-state index is 0.265. The van der Waals surface area contributed by atoms with Crippen LogP contribution < -0.4 is 0 Å². The summed E-state index contributed by atoms with van der Waals surface area (Å²) in [5.41, 5.74) is 0.268. The minimum Gasteiger partial charge on any atom is -0.481 e. The van der Waals surface area contributed by atoms with Crippen LogP contribution >= 0.6 is 0 Å². The van der Waals surface area contributed by atoms with Crippen molar-refractivity contribution in [2.45, 2.75) is 24.2 Å². The van der Waals surface area contributed by atoms with Crippen LogP contribution in [0.2, 0.25) is 0 Å². The zero-order valence-corrected chi connectivity index (χ0v) is 10.3. The third kappa shape index (κ3) is 2.49. The van der Waals surface area contributed by atoms with Crippen molar-refractivity contribution < 1.29 is 18.3 Å². The van der Waals surface area contributed by atoms with Crippen molar-refractivity contribution in [1.82, 2.24) is 0 Å². The van der Waals surface area contributed by atoms with E-state index in [1.54, 1.807) is 12.1 Å². The second-order valence-corrected chi connectivity index (χ2v) is 6.69. The molecule has 0 heterocycles. The highest BCUT2D eigenvalue weighted by molar-refractivity contribution is 7.90.